The predicted molar refractivity (Wildman–Crippen MR) is 83.3 cm³/mol. The molecule has 2 rings (SSSR count). The first-order chi connectivity index (χ1) is 9.93. The van der Waals surface area contributed by atoms with Crippen LogP contribution >= 0.6 is 38.5 Å². The van der Waals surface area contributed by atoms with Gasteiger partial charge < -0.3 is 9.15 Å². The van der Waals surface area contributed by atoms with Gasteiger partial charge in [0.05, 0.1) is 12.2 Å². The van der Waals surface area contributed by atoms with Gasteiger partial charge in [0.25, 0.3) is 6.43 Å². The van der Waals surface area contributed by atoms with Crippen LogP contribution in [0.2, 0.25) is 0 Å². The quantitative estimate of drug-likeness (QED) is 0.473. The molecule has 0 saturated carbocycles. The lowest BCUT2D eigenvalue weighted by molar-refractivity contribution is 0.0476. The molecule has 0 spiro atoms. The maximum Gasteiger partial charge on any atom is 0.376 e. The van der Waals surface area contributed by atoms with E-state index in [0.717, 1.165) is 3.57 Å². The number of esters is 1. The average Bonchev–Trinajstić information content (AvgIpc) is 2.87. The number of alkyl halides is 2. The van der Waals surface area contributed by atoms with Crippen LogP contribution in [0.3, 0.4) is 0 Å². The number of carbonyl (C=O) groups excluding carboxylic acids is 1. The summed E-state index contributed by atoms with van der Waals surface area (Å²) in [7, 11) is 0. The molecule has 0 unspecified atom stereocenters. The van der Waals surface area contributed by atoms with Crippen LogP contribution in [0.1, 0.15) is 29.6 Å². The number of carbonyl (C=O) groups is 1. The number of halogens is 4. The van der Waals surface area contributed by atoms with Gasteiger partial charge in [-0.1, -0.05) is 0 Å². The maximum atomic E-state index is 13.0. The molecule has 0 fully saturated rings. The van der Waals surface area contributed by atoms with Crippen LogP contribution in [0.15, 0.2) is 27.1 Å². The van der Waals surface area contributed by atoms with E-state index in [1.54, 1.807) is 19.1 Å². The van der Waals surface area contributed by atoms with Crippen molar-refractivity contribution in [2.45, 2.75) is 13.3 Å². The van der Waals surface area contributed by atoms with Gasteiger partial charge in [-0.25, -0.2) is 18.6 Å². The second-order valence-electron chi connectivity index (χ2n) is 3.88. The smallest absolute Gasteiger partial charge is 0.376 e. The van der Waals surface area contributed by atoms with Crippen LogP contribution in [-0.2, 0) is 4.74 Å². The van der Waals surface area contributed by atoms with Crippen LogP contribution in [0.25, 0.3) is 11.5 Å². The molecular formula is C13H9BrF2INO3. The summed E-state index contributed by atoms with van der Waals surface area (Å²) < 4.78 is 37.4. The molecular weight excluding hydrogens is 463 g/mol. The zero-order valence-corrected chi connectivity index (χ0v) is 14.4. The fourth-order valence-corrected chi connectivity index (χ4v) is 2.51. The van der Waals surface area contributed by atoms with Gasteiger partial charge in [0, 0.05) is 8.04 Å². The summed E-state index contributed by atoms with van der Waals surface area (Å²) in [6.45, 7) is 1.64. The van der Waals surface area contributed by atoms with E-state index >= 15 is 0 Å². The molecule has 0 amide bonds. The Morgan fingerprint density at radius 3 is 2.86 bits per heavy atom. The van der Waals surface area contributed by atoms with E-state index in [9.17, 15) is 13.6 Å². The van der Waals surface area contributed by atoms with E-state index in [-0.39, 0.29) is 12.5 Å². The molecule has 0 atom stereocenters. The van der Waals surface area contributed by atoms with Crippen molar-refractivity contribution in [1.29, 1.82) is 0 Å². The Morgan fingerprint density at radius 2 is 2.24 bits per heavy atom. The zero-order chi connectivity index (χ0) is 15.6. The lowest BCUT2D eigenvalue weighted by atomic mass is 10.2. The molecule has 0 saturated heterocycles. The highest BCUT2D eigenvalue weighted by atomic mass is 127. The van der Waals surface area contributed by atoms with Gasteiger partial charge in [-0.05, 0) is 63.6 Å². The normalized spacial score (nSPS) is 11.0. The summed E-state index contributed by atoms with van der Waals surface area (Å²) in [6.07, 6.45) is -2.93. The van der Waals surface area contributed by atoms with E-state index in [1.165, 1.54) is 0 Å². The summed E-state index contributed by atoms with van der Waals surface area (Å²) in [6, 6.07) is 5.28. The van der Waals surface area contributed by atoms with Crippen LogP contribution in [0, 0.1) is 3.57 Å². The summed E-state index contributed by atoms with van der Waals surface area (Å²) in [4.78, 5) is 15.4. The van der Waals surface area contributed by atoms with Crippen LogP contribution < -0.4 is 0 Å². The molecule has 4 nitrogen and oxygen atoms in total. The van der Waals surface area contributed by atoms with Crippen molar-refractivity contribution in [3.8, 4) is 11.5 Å². The Bertz CT molecular complexity index is 675. The first kappa shape index (κ1) is 16.3. The summed E-state index contributed by atoms with van der Waals surface area (Å²) in [5.41, 5.74) is -0.228. The van der Waals surface area contributed by atoms with E-state index in [1.807, 2.05) is 6.07 Å². The van der Waals surface area contributed by atoms with Crippen molar-refractivity contribution in [3.05, 3.63) is 37.7 Å². The number of hydrogen-bond donors (Lipinski definition) is 0. The number of rotatable bonds is 4. The van der Waals surface area contributed by atoms with Gasteiger partial charge in [0.2, 0.25) is 11.7 Å². The fourth-order valence-electron chi connectivity index (χ4n) is 1.60. The molecule has 0 radical (unpaired) electrons. The summed E-state index contributed by atoms with van der Waals surface area (Å²) >= 11 is 5.37. The van der Waals surface area contributed by atoms with Crippen molar-refractivity contribution in [1.82, 2.24) is 4.98 Å². The molecule has 0 aliphatic heterocycles. The van der Waals surface area contributed by atoms with E-state index < -0.39 is 23.8 Å². The predicted octanol–water partition coefficient (Wildman–Crippen LogP) is 4.82. The SMILES string of the molecule is CCOC(=O)c1oc(-c2cc(I)ccc2Br)nc1C(F)F. The third kappa shape index (κ3) is 3.60. The van der Waals surface area contributed by atoms with E-state index in [0.29, 0.717) is 10.0 Å². The number of benzene rings is 1. The molecule has 21 heavy (non-hydrogen) atoms. The minimum absolute atomic E-state index is 0.0567. The first-order valence-electron chi connectivity index (χ1n) is 5.85. The zero-order valence-electron chi connectivity index (χ0n) is 10.7. The standard InChI is InChI=1S/C13H9BrF2INO3/c1-2-20-13(19)10-9(11(15)16)18-12(21-10)7-5-6(17)3-4-8(7)14/h3-5,11H,2H2,1H3. The van der Waals surface area contributed by atoms with Crippen molar-refractivity contribution in [3.63, 3.8) is 0 Å². The molecule has 0 aliphatic rings. The summed E-state index contributed by atoms with van der Waals surface area (Å²) in [5.74, 6) is -1.57. The molecule has 1 heterocycles. The summed E-state index contributed by atoms with van der Waals surface area (Å²) in [5, 5.41) is 0. The molecule has 2 aromatic rings. The van der Waals surface area contributed by atoms with E-state index in [2.05, 4.69) is 43.5 Å². The molecule has 8 heteroatoms. The Labute approximate surface area is 141 Å². The largest absolute Gasteiger partial charge is 0.460 e. The lowest BCUT2D eigenvalue weighted by Gasteiger charge is -2.00. The highest BCUT2D eigenvalue weighted by Gasteiger charge is 2.28. The Morgan fingerprint density at radius 1 is 1.52 bits per heavy atom. The monoisotopic (exact) mass is 471 g/mol. The fraction of sp³-hybridized carbons (Fsp3) is 0.231. The minimum Gasteiger partial charge on any atom is -0.460 e. The third-order valence-corrected chi connectivity index (χ3v) is 3.84. The number of aromatic nitrogens is 1. The highest BCUT2D eigenvalue weighted by molar-refractivity contribution is 14.1. The van der Waals surface area contributed by atoms with E-state index in [4.69, 9.17) is 9.15 Å². The number of hydrogen-bond acceptors (Lipinski definition) is 4. The van der Waals surface area contributed by atoms with Gasteiger partial charge in [0.1, 0.15) is 0 Å². The van der Waals surface area contributed by atoms with Gasteiger partial charge in [0.15, 0.2) is 5.69 Å². The van der Waals surface area contributed by atoms with Gasteiger partial charge in [-0.3, -0.25) is 0 Å². The minimum atomic E-state index is -2.93. The Kier molecular flexibility index (Phi) is 5.31. The number of ether oxygens (including phenoxy) is 1. The molecule has 0 N–H and O–H groups in total. The maximum absolute atomic E-state index is 13.0. The molecule has 1 aromatic heterocycles. The Hall–Kier alpha value is -1.03. The van der Waals surface area contributed by atoms with Gasteiger partial charge in [-0.2, -0.15) is 0 Å². The van der Waals surface area contributed by atoms with Crippen molar-refractivity contribution in [2.24, 2.45) is 0 Å². The number of nitrogens with zero attached hydrogens (tertiary/aromatic N) is 1. The van der Waals surface area contributed by atoms with Gasteiger partial charge in [-0.15, -0.1) is 0 Å². The molecule has 0 aliphatic carbocycles. The van der Waals surface area contributed by atoms with Gasteiger partial charge >= 0.3 is 5.97 Å². The molecule has 1 aromatic carbocycles. The molecule has 112 valence electrons. The molecule has 0 bridgehead atoms. The van der Waals surface area contributed by atoms with Crippen LogP contribution in [0.5, 0.6) is 0 Å². The lowest BCUT2D eigenvalue weighted by Crippen LogP contribution is -2.06. The first-order valence-corrected chi connectivity index (χ1v) is 7.72. The van der Waals surface area contributed by atoms with Crippen molar-refractivity contribution >= 4 is 44.5 Å². The Balaban J connectivity index is 2.53. The van der Waals surface area contributed by atoms with Crippen molar-refractivity contribution in [2.75, 3.05) is 6.61 Å². The second kappa shape index (κ2) is 6.82. The van der Waals surface area contributed by atoms with Crippen molar-refractivity contribution < 1.29 is 22.7 Å². The highest BCUT2D eigenvalue weighted by Crippen LogP contribution is 2.33. The third-order valence-electron chi connectivity index (χ3n) is 2.48. The number of oxazole rings is 1. The second-order valence-corrected chi connectivity index (χ2v) is 5.98. The van der Waals surface area contributed by atoms with Crippen LogP contribution in [-0.4, -0.2) is 17.6 Å². The van der Waals surface area contributed by atoms with Crippen LogP contribution in [0.4, 0.5) is 8.78 Å². The topological polar surface area (TPSA) is 52.3 Å². The average molecular weight is 472 g/mol.